The first-order chi connectivity index (χ1) is 13.3. The van der Waals surface area contributed by atoms with Crippen LogP contribution in [-0.4, -0.2) is 38.7 Å². The van der Waals surface area contributed by atoms with E-state index in [0.29, 0.717) is 6.42 Å². The molecule has 4 rings (SSSR count). The molecule has 2 aliphatic rings. The number of piperidine rings is 1. The van der Waals surface area contributed by atoms with Gasteiger partial charge in [-0.3, -0.25) is 9.89 Å². The van der Waals surface area contributed by atoms with Crippen LogP contribution in [0.3, 0.4) is 0 Å². The molecule has 1 aromatic carbocycles. The largest absolute Gasteiger partial charge is 0.435 e. The van der Waals surface area contributed by atoms with Gasteiger partial charge in [-0.2, -0.15) is 18.3 Å². The molecule has 1 saturated carbocycles. The van der Waals surface area contributed by atoms with Crippen LogP contribution in [0, 0.1) is 5.92 Å². The van der Waals surface area contributed by atoms with E-state index in [-0.39, 0.29) is 24.2 Å². The Hall–Kier alpha value is -2.35. The molecule has 0 spiro atoms. The summed E-state index contributed by atoms with van der Waals surface area (Å²) in [5.74, 6) is -0.638. The number of aliphatic hydroxyl groups is 1. The van der Waals surface area contributed by atoms with Crippen LogP contribution in [0.25, 0.3) is 0 Å². The highest BCUT2D eigenvalue weighted by Gasteiger charge is 2.50. The Morgan fingerprint density at radius 1 is 1.21 bits per heavy atom. The zero-order chi connectivity index (χ0) is 19.9. The summed E-state index contributed by atoms with van der Waals surface area (Å²) in [6.45, 7) is 0.283. The van der Waals surface area contributed by atoms with Crippen molar-refractivity contribution >= 4 is 5.91 Å². The average Bonchev–Trinajstić information content (AvgIpc) is 3.20. The number of fused-ring (bicyclic) bond motifs is 1. The van der Waals surface area contributed by atoms with Crippen LogP contribution in [0.1, 0.15) is 53.8 Å². The fraction of sp³-hybridized carbons (Fsp3) is 0.500. The van der Waals surface area contributed by atoms with Crippen molar-refractivity contribution in [2.45, 2.75) is 49.9 Å². The number of likely N-dealkylation sites (tertiary alicyclic amines) is 1. The van der Waals surface area contributed by atoms with Crippen molar-refractivity contribution < 1.29 is 23.1 Å². The number of benzene rings is 1. The molecule has 1 aromatic heterocycles. The maximum atomic E-state index is 12.9. The van der Waals surface area contributed by atoms with Crippen molar-refractivity contribution in [1.29, 1.82) is 0 Å². The van der Waals surface area contributed by atoms with Gasteiger partial charge in [-0.1, -0.05) is 43.2 Å². The van der Waals surface area contributed by atoms with Gasteiger partial charge in [0.2, 0.25) is 0 Å². The van der Waals surface area contributed by atoms with E-state index in [1.54, 1.807) is 4.90 Å². The Bertz CT molecular complexity index is 852. The number of nitrogens with one attached hydrogen (secondary N) is 1. The van der Waals surface area contributed by atoms with Crippen molar-refractivity contribution in [3.63, 3.8) is 0 Å². The van der Waals surface area contributed by atoms with E-state index in [0.717, 1.165) is 37.3 Å². The second-order valence-corrected chi connectivity index (χ2v) is 7.66. The van der Waals surface area contributed by atoms with Crippen LogP contribution in [-0.2, 0) is 11.8 Å². The van der Waals surface area contributed by atoms with Crippen molar-refractivity contribution in [3.05, 3.63) is 53.3 Å². The Morgan fingerprint density at radius 2 is 1.93 bits per heavy atom. The normalized spacial score (nSPS) is 28.1. The van der Waals surface area contributed by atoms with Crippen molar-refractivity contribution in [3.8, 4) is 0 Å². The number of carbonyl (C=O) groups is 1. The fourth-order valence-electron chi connectivity index (χ4n) is 4.75. The van der Waals surface area contributed by atoms with Gasteiger partial charge >= 0.3 is 6.18 Å². The number of nitrogens with zero attached hydrogens (tertiary/aromatic N) is 2. The summed E-state index contributed by atoms with van der Waals surface area (Å²) in [4.78, 5) is 14.6. The number of rotatable bonds is 2. The molecule has 150 valence electrons. The Kier molecular flexibility index (Phi) is 4.69. The number of H-pyrrole nitrogens is 1. The van der Waals surface area contributed by atoms with Gasteiger partial charge in [0.15, 0.2) is 5.69 Å². The Labute approximate surface area is 160 Å². The molecule has 1 unspecified atom stereocenters. The van der Waals surface area contributed by atoms with E-state index in [9.17, 15) is 23.1 Å². The summed E-state index contributed by atoms with van der Waals surface area (Å²) in [6, 6.07) is 10.00. The molecule has 2 fully saturated rings. The molecule has 3 atom stereocenters. The van der Waals surface area contributed by atoms with Gasteiger partial charge in [0.1, 0.15) is 5.69 Å². The average molecular weight is 393 g/mol. The number of alkyl halides is 3. The first kappa shape index (κ1) is 19.0. The number of carbonyl (C=O) groups excluding carboxylic acids is 1. The Morgan fingerprint density at radius 3 is 2.61 bits per heavy atom. The van der Waals surface area contributed by atoms with Crippen LogP contribution < -0.4 is 0 Å². The lowest BCUT2D eigenvalue weighted by atomic mass is 9.66. The van der Waals surface area contributed by atoms with E-state index < -0.39 is 23.4 Å². The second-order valence-electron chi connectivity index (χ2n) is 7.66. The van der Waals surface area contributed by atoms with Crippen LogP contribution >= 0.6 is 0 Å². The highest BCUT2D eigenvalue weighted by molar-refractivity contribution is 5.92. The predicted molar refractivity (Wildman–Crippen MR) is 95.3 cm³/mol. The SMILES string of the molecule is O=C(c1cc(C(F)(F)F)n[nH]1)N1CCC(O)(c2ccccc2)[C@H]2CCCC[C@@H]21. The van der Waals surface area contributed by atoms with Crippen LogP contribution in [0.2, 0.25) is 0 Å². The zero-order valence-corrected chi connectivity index (χ0v) is 15.2. The molecule has 1 saturated heterocycles. The molecular formula is C20H22F3N3O2. The van der Waals surface area contributed by atoms with Gasteiger partial charge in [-0.25, -0.2) is 0 Å². The van der Waals surface area contributed by atoms with Gasteiger partial charge < -0.3 is 10.0 Å². The highest BCUT2D eigenvalue weighted by Crippen LogP contribution is 2.47. The van der Waals surface area contributed by atoms with Crippen LogP contribution in [0.15, 0.2) is 36.4 Å². The standard InChI is InChI=1S/C20H22F3N3O2/c21-20(22,23)17-12-15(24-25-17)18(27)26-11-10-19(28,13-6-2-1-3-7-13)14-8-4-5-9-16(14)26/h1-3,6-7,12,14,16,28H,4-5,8-11H2,(H,24,25)/t14-,16-,19?/m0/s1. The summed E-state index contributed by atoms with van der Waals surface area (Å²) < 4.78 is 38.5. The first-order valence-electron chi connectivity index (χ1n) is 9.52. The number of halogens is 3. The maximum Gasteiger partial charge on any atom is 0.435 e. The quantitative estimate of drug-likeness (QED) is 0.817. The van der Waals surface area contributed by atoms with Crippen molar-refractivity contribution in [2.24, 2.45) is 5.92 Å². The number of aromatic amines is 1. The third-order valence-electron chi connectivity index (χ3n) is 6.11. The van der Waals surface area contributed by atoms with Crippen molar-refractivity contribution in [1.82, 2.24) is 15.1 Å². The minimum atomic E-state index is -4.60. The highest BCUT2D eigenvalue weighted by atomic mass is 19.4. The number of amides is 1. The van der Waals surface area contributed by atoms with E-state index in [4.69, 9.17) is 0 Å². The lowest BCUT2D eigenvalue weighted by Crippen LogP contribution is -2.59. The third kappa shape index (κ3) is 3.19. The Balaban J connectivity index is 1.62. The molecule has 2 heterocycles. The molecule has 1 aliphatic heterocycles. The summed E-state index contributed by atoms with van der Waals surface area (Å²) in [5.41, 5.74) is -1.47. The van der Waals surface area contributed by atoms with Gasteiger partial charge in [0.25, 0.3) is 5.91 Å². The fourth-order valence-corrected chi connectivity index (χ4v) is 4.75. The zero-order valence-electron chi connectivity index (χ0n) is 15.2. The monoisotopic (exact) mass is 393 g/mol. The molecule has 28 heavy (non-hydrogen) atoms. The smallest absolute Gasteiger partial charge is 0.385 e. The van der Waals surface area contributed by atoms with Crippen LogP contribution in [0.5, 0.6) is 0 Å². The lowest BCUT2D eigenvalue weighted by Gasteiger charge is -2.52. The molecule has 0 bridgehead atoms. The molecule has 1 amide bonds. The van der Waals surface area contributed by atoms with Gasteiger partial charge in [0.05, 0.1) is 5.60 Å². The molecule has 2 N–H and O–H groups in total. The minimum absolute atomic E-state index is 0.147. The van der Waals surface area contributed by atoms with E-state index in [1.807, 2.05) is 30.3 Å². The summed E-state index contributed by atoms with van der Waals surface area (Å²) >= 11 is 0. The van der Waals surface area contributed by atoms with Gasteiger partial charge in [0, 0.05) is 24.6 Å². The molecule has 2 aromatic rings. The number of aromatic nitrogens is 2. The summed E-state index contributed by atoms with van der Waals surface area (Å²) in [7, 11) is 0. The summed E-state index contributed by atoms with van der Waals surface area (Å²) in [5, 5.41) is 17.0. The molecule has 5 nitrogen and oxygen atoms in total. The van der Waals surface area contributed by atoms with E-state index in [1.165, 1.54) is 0 Å². The molecule has 1 aliphatic carbocycles. The number of hydrogen-bond donors (Lipinski definition) is 2. The first-order valence-corrected chi connectivity index (χ1v) is 9.52. The van der Waals surface area contributed by atoms with Gasteiger partial charge in [-0.05, 0) is 24.8 Å². The second kappa shape index (κ2) is 6.92. The number of hydrogen-bond acceptors (Lipinski definition) is 3. The van der Waals surface area contributed by atoms with Crippen molar-refractivity contribution in [2.75, 3.05) is 6.54 Å². The molecular weight excluding hydrogens is 371 g/mol. The third-order valence-corrected chi connectivity index (χ3v) is 6.11. The predicted octanol–water partition coefficient (Wildman–Crippen LogP) is 3.72. The molecule has 8 heteroatoms. The maximum absolute atomic E-state index is 12.9. The van der Waals surface area contributed by atoms with Gasteiger partial charge in [-0.15, -0.1) is 0 Å². The van der Waals surface area contributed by atoms with Crippen LogP contribution in [0.4, 0.5) is 13.2 Å². The van der Waals surface area contributed by atoms with E-state index >= 15 is 0 Å². The minimum Gasteiger partial charge on any atom is -0.385 e. The topological polar surface area (TPSA) is 69.2 Å². The molecule has 0 radical (unpaired) electrons. The summed E-state index contributed by atoms with van der Waals surface area (Å²) in [6.07, 6.45) is -0.863. The lowest BCUT2D eigenvalue weighted by molar-refractivity contribution is -0.141. The van der Waals surface area contributed by atoms with E-state index in [2.05, 4.69) is 10.2 Å².